The van der Waals surface area contributed by atoms with E-state index in [1.54, 1.807) is 34.6 Å². The SMILES string of the molecule is S=c1[nH]nc(-c2cccnc2)n1/N=C/c1ccc(Br)s1. The molecule has 1 N–H and O–H groups in total. The Labute approximate surface area is 132 Å². The largest absolute Gasteiger partial charge is 0.264 e. The molecule has 20 heavy (non-hydrogen) atoms. The van der Waals surface area contributed by atoms with Gasteiger partial charge < -0.3 is 0 Å². The van der Waals surface area contributed by atoms with Crippen LogP contribution in [0.5, 0.6) is 0 Å². The summed E-state index contributed by atoms with van der Waals surface area (Å²) in [6.07, 6.45) is 5.18. The third-order valence-electron chi connectivity index (χ3n) is 2.46. The molecule has 0 aliphatic carbocycles. The molecule has 0 unspecified atom stereocenters. The minimum Gasteiger partial charge on any atom is -0.264 e. The van der Waals surface area contributed by atoms with Gasteiger partial charge in [0.05, 0.1) is 10.0 Å². The highest BCUT2D eigenvalue weighted by atomic mass is 79.9. The molecule has 8 heteroatoms. The van der Waals surface area contributed by atoms with E-state index in [0.717, 1.165) is 14.2 Å². The van der Waals surface area contributed by atoms with E-state index in [1.165, 1.54) is 0 Å². The van der Waals surface area contributed by atoms with Crippen molar-refractivity contribution in [1.29, 1.82) is 0 Å². The van der Waals surface area contributed by atoms with Crippen LogP contribution in [0.1, 0.15) is 4.88 Å². The number of hydrogen-bond acceptors (Lipinski definition) is 5. The molecule has 100 valence electrons. The molecule has 0 amide bonds. The van der Waals surface area contributed by atoms with Crippen molar-refractivity contribution in [3.63, 3.8) is 0 Å². The molecule has 0 aliphatic rings. The second-order valence-corrected chi connectivity index (χ2v) is 6.67. The number of rotatable bonds is 3. The van der Waals surface area contributed by atoms with E-state index in [9.17, 15) is 0 Å². The molecule has 0 atom stereocenters. The van der Waals surface area contributed by atoms with E-state index in [0.29, 0.717) is 10.6 Å². The normalized spacial score (nSPS) is 11.2. The van der Waals surface area contributed by atoms with Gasteiger partial charge in [-0.2, -0.15) is 14.9 Å². The Morgan fingerprint density at radius 3 is 3.00 bits per heavy atom. The minimum absolute atomic E-state index is 0.440. The van der Waals surface area contributed by atoms with Crippen LogP contribution in [0.4, 0.5) is 0 Å². The highest BCUT2D eigenvalue weighted by molar-refractivity contribution is 9.11. The topological polar surface area (TPSA) is 58.9 Å². The molecular formula is C12H8BrN5S2. The molecule has 0 aliphatic heterocycles. The fraction of sp³-hybridized carbons (Fsp3) is 0. The number of thiophene rings is 1. The summed E-state index contributed by atoms with van der Waals surface area (Å²) in [5, 5.41) is 11.3. The van der Waals surface area contributed by atoms with Crippen molar-refractivity contribution in [2.75, 3.05) is 0 Å². The molecule has 0 spiro atoms. The standard InChI is InChI=1S/C12H8BrN5S2/c13-10-4-3-9(20-10)7-15-18-11(16-17-12(18)19)8-2-1-5-14-6-8/h1-7H,(H,17,19)/b15-7+. The molecule has 0 aromatic carbocycles. The van der Waals surface area contributed by atoms with E-state index in [-0.39, 0.29) is 0 Å². The summed E-state index contributed by atoms with van der Waals surface area (Å²) in [6.45, 7) is 0. The summed E-state index contributed by atoms with van der Waals surface area (Å²) in [7, 11) is 0. The number of H-pyrrole nitrogens is 1. The minimum atomic E-state index is 0.440. The van der Waals surface area contributed by atoms with E-state index in [2.05, 4.69) is 36.2 Å². The van der Waals surface area contributed by atoms with Crippen LogP contribution in [0.3, 0.4) is 0 Å². The molecule has 5 nitrogen and oxygen atoms in total. The van der Waals surface area contributed by atoms with Gasteiger partial charge in [0.1, 0.15) is 0 Å². The first-order valence-electron chi connectivity index (χ1n) is 5.61. The van der Waals surface area contributed by atoms with E-state index in [4.69, 9.17) is 12.2 Å². The smallest absolute Gasteiger partial charge is 0.216 e. The zero-order valence-corrected chi connectivity index (χ0v) is 13.2. The average molecular weight is 366 g/mol. The molecule has 0 saturated carbocycles. The van der Waals surface area contributed by atoms with Gasteiger partial charge in [0, 0.05) is 22.8 Å². The van der Waals surface area contributed by atoms with Crippen molar-refractivity contribution < 1.29 is 0 Å². The van der Waals surface area contributed by atoms with Crippen molar-refractivity contribution in [3.05, 3.63) is 50.1 Å². The molecule has 0 radical (unpaired) electrons. The maximum atomic E-state index is 5.20. The van der Waals surface area contributed by atoms with Gasteiger partial charge in [-0.15, -0.1) is 11.3 Å². The Morgan fingerprint density at radius 1 is 1.40 bits per heavy atom. The van der Waals surface area contributed by atoms with Gasteiger partial charge in [-0.3, -0.25) is 4.98 Å². The van der Waals surface area contributed by atoms with Gasteiger partial charge in [-0.1, -0.05) is 0 Å². The maximum Gasteiger partial charge on any atom is 0.216 e. The van der Waals surface area contributed by atoms with Crippen LogP contribution in [0.2, 0.25) is 0 Å². The number of halogens is 1. The zero-order valence-electron chi connectivity index (χ0n) is 10.0. The maximum absolute atomic E-state index is 5.20. The number of aromatic amines is 1. The third kappa shape index (κ3) is 2.77. The molecule has 3 aromatic rings. The molecule has 0 saturated heterocycles. The lowest BCUT2D eigenvalue weighted by Gasteiger charge is -1.99. The fourth-order valence-electron chi connectivity index (χ4n) is 1.59. The van der Waals surface area contributed by atoms with Gasteiger partial charge in [0.2, 0.25) is 4.77 Å². The van der Waals surface area contributed by atoms with Gasteiger partial charge in [0.25, 0.3) is 0 Å². The lowest BCUT2D eigenvalue weighted by molar-refractivity contribution is 0.871. The zero-order chi connectivity index (χ0) is 13.9. The molecule has 3 rings (SSSR count). The summed E-state index contributed by atoms with van der Waals surface area (Å²) in [4.78, 5) is 5.10. The van der Waals surface area contributed by atoms with E-state index < -0.39 is 0 Å². The monoisotopic (exact) mass is 365 g/mol. The van der Waals surface area contributed by atoms with Crippen LogP contribution in [0.25, 0.3) is 11.4 Å². The first-order valence-corrected chi connectivity index (χ1v) is 7.63. The Balaban J connectivity index is 2.00. The fourth-order valence-corrected chi connectivity index (χ4v) is 3.06. The average Bonchev–Trinajstić information content (AvgIpc) is 3.04. The second kappa shape index (κ2) is 5.78. The lowest BCUT2D eigenvalue weighted by Crippen LogP contribution is -1.94. The van der Waals surface area contributed by atoms with Crippen molar-refractivity contribution >= 4 is 45.7 Å². The summed E-state index contributed by atoms with van der Waals surface area (Å²) >= 11 is 10.2. The first kappa shape index (κ1) is 13.3. The number of hydrogen-bond donors (Lipinski definition) is 1. The predicted molar refractivity (Wildman–Crippen MR) is 85.7 cm³/mol. The number of aromatic nitrogens is 4. The molecular weight excluding hydrogens is 358 g/mol. The quantitative estimate of drug-likeness (QED) is 0.568. The Morgan fingerprint density at radius 2 is 2.30 bits per heavy atom. The van der Waals surface area contributed by atoms with Crippen LogP contribution in [-0.2, 0) is 0 Å². The van der Waals surface area contributed by atoms with Gasteiger partial charge in [-0.05, 0) is 52.4 Å². The summed E-state index contributed by atoms with van der Waals surface area (Å²) in [5.41, 5.74) is 0.851. The third-order valence-corrected chi connectivity index (χ3v) is 4.29. The Hall–Kier alpha value is -1.64. The van der Waals surface area contributed by atoms with Crippen molar-refractivity contribution in [2.24, 2.45) is 5.10 Å². The van der Waals surface area contributed by atoms with Crippen molar-refractivity contribution in [1.82, 2.24) is 19.9 Å². The summed E-state index contributed by atoms with van der Waals surface area (Å²) < 4.78 is 3.08. The number of nitrogens with one attached hydrogen (secondary N) is 1. The summed E-state index contributed by atoms with van der Waals surface area (Å²) in [6, 6.07) is 7.71. The molecule has 0 fully saturated rings. The summed E-state index contributed by atoms with van der Waals surface area (Å²) in [5.74, 6) is 0.634. The molecule has 3 heterocycles. The van der Waals surface area contributed by atoms with Crippen LogP contribution < -0.4 is 0 Å². The van der Waals surface area contributed by atoms with Crippen molar-refractivity contribution in [3.8, 4) is 11.4 Å². The lowest BCUT2D eigenvalue weighted by atomic mass is 10.3. The molecule has 3 aromatic heterocycles. The number of pyridine rings is 1. The predicted octanol–water partition coefficient (Wildman–Crippen LogP) is 3.71. The van der Waals surface area contributed by atoms with Gasteiger partial charge >= 0.3 is 0 Å². The van der Waals surface area contributed by atoms with Crippen LogP contribution >= 0.6 is 39.5 Å². The van der Waals surface area contributed by atoms with E-state index in [1.807, 2.05) is 24.3 Å². The highest BCUT2D eigenvalue weighted by Gasteiger charge is 2.07. The molecule has 0 bridgehead atoms. The second-order valence-electron chi connectivity index (χ2n) is 3.79. The number of nitrogens with zero attached hydrogens (tertiary/aromatic N) is 4. The highest BCUT2D eigenvalue weighted by Crippen LogP contribution is 2.21. The van der Waals surface area contributed by atoms with Crippen LogP contribution in [0, 0.1) is 4.77 Å². The first-order chi connectivity index (χ1) is 9.74. The van der Waals surface area contributed by atoms with E-state index >= 15 is 0 Å². The Kier molecular flexibility index (Phi) is 3.86. The van der Waals surface area contributed by atoms with Crippen molar-refractivity contribution in [2.45, 2.75) is 0 Å². The Bertz CT molecular complexity index is 803. The van der Waals surface area contributed by atoms with Gasteiger partial charge in [0.15, 0.2) is 5.82 Å². The van der Waals surface area contributed by atoms with Crippen LogP contribution in [0.15, 0.2) is 45.5 Å². The van der Waals surface area contributed by atoms with Crippen LogP contribution in [-0.4, -0.2) is 26.1 Å². The van der Waals surface area contributed by atoms with Gasteiger partial charge in [-0.25, -0.2) is 5.10 Å².